The molecule has 0 aliphatic rings. The maximum absolute atomic E-state index is 12.8. The molecule has 0 saturated heterocycles. The number of benzene rings is 3. The molecule has 1 aromatic heterocycles. The van der Waals surface area contributed by atoms with Crippen molar-refractivity contribution >= 4 is 33.6 Å². The molecule has 0 unspecified atom stereocenters. The SMILES string of the molecule is CCOC(=O)c1c(C)n(NC(=O)c2ccccc2)c2c1cc(O)c1ccccc12. The van der Waals surface area contributed by atoms with E-state index in [1.165, 1.54) is 0 Å². The highest BCUT2D eigenvalue weighted by Crippen LogP contribution is 2.37. The van der Waals surface area contributed by atoms with Gasteiger partial charge in [0.25, 0.3) is 5.91 Å². The Balaban J connectivity index is 2.00. The minimum Gasteiger partial charge on any atom is -0.507 e. The quantitative estimate of drug-likeness (QED) is 0.509. The Morgan fingerprint density at radius 3 is 2.34 bits per heavy atom. The highest BCUT2D eigenvalue weighted by atomic mass is 16.5. The predicted octanol–water partition coefficient (Wildman–Crippen LogP) is 4.37. The number of carbonyl (C=O) groups excluding carboxylic acids is 2. The summed E-state index contributed by atoms with van der Waals surface area (Å²) in [5, 5.41) is 12.4. The monoisotopic (exact) mass is 388 g/mol. The fourth-order valence-corrected chi connectivity index (χ4v) is 3.60. The van der Waals surface area contributed by atoms with E-state index in [0.717, 1.165) is 5.39 Å². The molecule has 29 heavy (non-hydrogen) atoms. The third-order valence-electron chi connectivity index (χ3n) is 4.91. The van der Waals surface area contributed by atoms with Gasteiger partial charge < -0.3 is 9.84 Å². The number of nitrogens with one attached hydrogen (secondary N) is 1. The summed E-state index contributed by atoms with van der Waals surface area (Å²) in [4.78, 5) is 25.5. The number of esters is 1. The molecule has 0 saturated carbocycles. The molecule has 3 aromatic carbocycles. The number of carbonyl (C=O) groups is 2. The van der Waals surface area contributed by atoms with Gasteiger partial charge >= 0.3 is 5.97 Å². The van der Waals surface area contributed by atoms with Crippen LogP contribution in [-0.4, -0.2) is 28.3 Å². The number of nitrogens with zero attached hydrogens (tertiary/aromatic N) is 1. The van der Waals surface area contributed by atoms with Gasteiger partial charge in [0.2, 0.25) is 0 Å². The lowest BCUT2D eigenvalue weighted by molar-refractivity contribution is 0.0527. The third-order valence-corrected chi connectivity index (χ3v) is 4.91. The first kappa shape index (κ1) is 18.6. The summed E-state index contributed by atoms with van der Waals surface area (Å²) in [6.45, 7) is 3.70. The van der Waals surface area contributed by atoms with Crippen molar-refractivity contribution in [3.63, 3.8) is 0 Å². The predicted molar refractivity (Wildman–Crippen MR) is 112 cm³/mol. The van der Waals surface area contributed by atoms with Gasteiger partial charge in [-0.2, -0.15) is 0 Å². The molecule has 4 aromatic rings. The van der Waals surface area contributed by atoms with Crippen molar-refractivity contribution in [3.8, 4) is 5.75 Å². The maximum Gasteiger partial charge on any atom is 0.340 e. The minimum atomic E-state index is -0.502. The van der Waals surface area contributed by atoms with Gasteiger partial charge in [-0.15, -0.1) is 0 Å². The number of fused-ring (bicyclic) bond motifs is 3. The molecule has 0 atom stereocenters. The first-order valence-electron chi connectivity index (χ1n) is 9.32. The minimum absolute atomic E-state index is 0.0604. The number of rotatable bonds is 4. The first-order chi connectivity index (χ1) is 14.0. The van der Waals surface area contributed by atoms with E-state index < -0.39 is 5.97 Å². The van der Waals surface area contributed by atoms with Crippen molar-refractivity contribution in [1.82, 2.24) is 4.68 Å². The van der Waals surface area contributed by atoms with Gasteiger partial charge in [0.1, 0.15) is 5.75 Å². The molecule has 0 radical (unpaired) electrons. The number of hydrogen-bond acceptors (Lipinski definition) is 4. The Morgan fingerprint density at radius 1 is 1.00 bits per heavy atom. The third kappa shape index (κ3) is 3.08. The van der Waals surface area contributed by atoms with Crippen LogP contribution in [0.4, 0.5) is 0 Å². The van der Waals surface area contributed by atoms with Crippen LogP contribution in [0.25, 0.3) is 21.7 Å². The van der Waals surface area contributed by atoms with E-state index in [1.807, 2.05) is 24.3 Å². The summed E-state index contributed by atoms with van der Waals surface area (Å²) < 4.78 is 6.82. The van der Waals surface area contributed by atoms with E-state index in [9.17, 15) is 14.7 Å². The van der Waals surface area contributed by atoms with Crippen LogP contribution < -0.4 is 5.43 Å². The molecule has 0 spiro atoms. The molecule has 6 nitrogen and oxygen atoms in total. The molecule has 0 aliphatic carbocycles. The molecule has 1 heterocycles. The van der Waals surface area contributed by atoms with Crippen LogP contribution >= 0.6 is 0 Å². The summed E-state index contributed by atoms with van der Waals surface area (Å²) in [6, 6.07) is 17.7. The Labute approximate surface area is 167 Å². The summed E-state index contributed by atoms with van der Waals surface area (Å²) in [5.74, 6) is -0.749. The van der Waals surface area contributed by atoms with Crippen molar-refractivity contribution in [2.75, 3.05) is 12.0 Å². The van der Waals surface area contributed by atoms with Gasteiger partial charge in [0, 0.05) is 21.7 Å². The Morgan fingerprint density at radius 2 is 1.66 bits per heavy atom. The second-order valence-corrected chi connectivity index (χ2v) is 6.66. The lowest BCUT2D eigenvalue weighted by Gasteiger charge is -2.12. The van der Waals surface area contributed by atoms with E-state index in [4.69, 9.17) is 4.74 Å². The molecule has 146 valence electrons. The summed E-state index contributed by atoms with van der Waals surface area (Å²) in [6.07, 6.45) is 0. The second kappa shape index (κ2) is 7.31. The Hall–Kier alpha value is -3.80. The number of aromatic hydroxyl groups is 1. The number of hydrogen-bond donors (Lipinski definition) is 2. The zero-order valence-electron chi connectivity index (χ0n) is 16.1. The number of phenolic OH excluding ortho intramolecular Hbond substituents is 1. The Bertz CT molecular complexity index is 1240. The largest absolute Gasteiger partial charge is 0.507 e. The molecular formula is C23H20N2O4. The van der Waals surface area contributed by atoms with Gasteiger partial charge in [-0.1, -0.05) is 42.5 Å². The normalized spacial score (nSPS) is 11.0. The molecule has 0 bridgehead atoms. The second-order valence-electron chi connectivity index (χ2n) is 6.66. The van der Waals surface area contributed by atoms with Gasteiger partial charge in [0.05, 0.1) is 23.4 Å². The highest BCUT2D eigenvalue weighted by Gasteiger charge is 2.25. The van der Waals surface area contributed by atoms with E-state index in [-0.39, 0.29) is 18.3 Å². The van der Waals surface area contributed by atoms with Gasteiger partial charge in [-0.25, -0.2) is 4.79 Å². The number of aromatic nitrogens is 1. The first-order valence-corrected chi connectivity index (χ1v) is 9.32. The molecule has 1 amide bonds. The zero-order valence-corrected chi connectivity index (χ0v) is 16.1. The molecule has 4 rings (SSSR count). The van der Waals surface area contributed by atoms with Crippen LogP contribution in [0.2, 0.25) is 0 Å². The molecule has 0 fully saturated rings. The molecule has 2 N–H and O–H groups in total. The van der Waals surface area contributed by atoms with Gasteiger partial charge in [-0.05, 0) is 32.0 Å². The van der Waals surface area contributed by atoms with E-state index in [2.05, 4.69) is 5.43 Å². The highest BCUT2D eigenvalue weighted by molar-refractivity contribution is 6.17. The van der Waals surface area contributed by atoms with Crippen molar-refractivity contribution in [2.24, 2.45) is 0 Å². The van der Waals surface area contributed by atoms with E-state index in [1.54, 1.807) is 54.9 Å². The van der Waals surface area contributed by atoms with Crippen molar-refractivity contribution in [2.45, 2.75) is 13.8 Å². The Kier molecular flexibility index (Phi) is 4.68. The summed E-state index contributed by atoms with van der Waals surface area (Å²) in [5.41, 5.74) is 4.85. The fraction of sp³-hybridized carbons (Fsp3) is 0.130. The lowest BCUT2D eigenvalue weighted by Crippen LogP contribution is -2.24. The van der Waals surface area contributed by atoms with Crippen molar-refractivity contribution < 1.29 is 19.4 Å². The molecule has 0 aliphatic heterocycles. The van der Waals surface area contributed by atoms with Crippen LogP contribution in [0.15, 0.2) is 60.7 Å². The lowest BCUT2D eigenvalue weighted by atomic mass is 10.0. The van der Waals surface area contributed by atoms with Crippen LogP contribution in [0.1, 0.15) is 33.3 Å². The van der Waals surface area contributed by atoms with Gasteiger partial charge in [-0.3, -0.25) is 14.9 Å². The topological polar surface area (TPSA) is 80.6 Å². The summed E-state index contributed by atoms with van der Waals surface area (Å²) >= 11 is 0. The average Bonchev–Trinajstić information content (AvgIpc) is 3.00. The number of amides is 1. The molecular weight excluding hydrogens is 368 g/mol. The summed E-state index contributed by atoms with van der Waals surface area (Å²) in [7, 11) is 0. The van der Waals surface area contributed by atoms with Crippen LogP contribution in [0, 0.1) is 6.92 Å². The van der Waals surface area contributed by atoms with E-state index >= 15 is 0 Å². The van der Waals surface area contributed by atoms with Crippen LogP contribution in [-0.2, 0) is 4.74 Å². The maximum atomic E-state index is 12.8. The van der Waals surface area contributed by atoms with Gasteiger partial charge in [0.15, 0.2) is 0 Å². The zero-order chi connectivity index (χ0) is 20.5. The van der Waals surface area contributed by atoms with Crippen molar-refractivity contribution in [1.29, 1.82) is 0 Å². The number of ether oxygens (including phenoxy) is 1. The average molecular weight is 388 g/mol. The standard InChI is InChI=1S/C23H20N2O4/c1-3-29-23(28)20-14(2)25(24-22(27)15-9-5-4-6-10-15)21-17-12-8-7-11-16(17)19(26)13-18(20)21/h4-13,26H,3H2,1-2H3,(H,24,27). The van der Waals surface area contributed by atoms with E-state index in [0.29, 0.717) is 33.1 Å². The fourth-order valence-electron chi connectivity index (χ4n) is 3.60. The van der Waals surface area contributed by atoms with Crippen LogP contribution in [0.5, 0.6) is 5.75 Å². The van der Waals surface area contributed by atoms with Crippen molar-refractivity contribution in [3.05, 3.63) is 77.5 Å². The smallest absolute Gasteiger partial charge is 0.340 e. The number of phenols is 1. The molecule has 6 heteroatoms. The van der Waals surface area contributed by atoms with Crippen LogP contribution in [0.3, 0.4) is 0 Å².